The Hall–Kier alpha value is -1.84. The van der Waals surface area contributed by atoms with Crippen molar-refractivity contribution in [3.63, 3.8) is 0 Å². The van der Waals surface area contributed by atoms with Gasteiger partial charge in [-0.1, -0.05) is 0 Å². The average Bonchev–Trinajstić information content (AvgIpc) is 2.52. The highest BCUT2D eigenvalue weighted by atomic mass is 16.3. The molecule has 0 atom stereocenters. The minimum atomic E-state index is 0.0122. The molecule has 0 fully saturated rings. The van der Waals surface area contributed by atoms with Crippen LogP contribution in [0.5, 0.6) is 5.88 Å². The molecule has 0 saturated heterocycles. The van der Waals surface area contributed by atoms with Crippen molar-refractivity contribution in [3.8, 4) is 17.1 Å². The monoisotopic (exact) mass is 175 g/mol. The number of hydrogen-bond acceptors (Lipinski definition) is 3. The molecule has 13 heavy (non-hydrogen) atoms. The van der Waals surface area contributed by atoms with Crippen LogP contribution in [-0.4, -0.2) is 20.1 Å². The Labute approximate surface area is 75.3 Å². The van der Waals surface area contributed by atoms with Crippen molar-refractivity contribution < 1.29 is 5.11 Å². The molecule has 0 aliphatic heterocycles. The highest BCUT2D eigenvalue weighted by Gasteiger charge is 2.01. The Balaban J connectivity index is 2.46. The van der Waals surface area contributed by atoms with Gasteiger partial charge in [0.25, 0.3) is 0 Å². The maximum absolute atomic E-state index is 9.13. The van der Waals surface area contributed by atoms with Crippen LogP contribution in [0.2, 0.25) is 0 Å². The molecule has 66 valence electrons. The van der Waals surface area contributed by atoms with Crippen molar-refractivity contribution in [1.82, 2.24) is 15.0 Å². The second-order valence-electron chi connectivity index (χ2n) is 2.77. The molecule has 0 saturated carbocycles. The summed E-state index contributed by atoms with van der Waals surface area (Å²) in [7, 11) is 0. The summed E-state index contributed by atoms with van der Waals surface area (Å²) in [5.74, 6) is 0.865. The zero-order valence-electron chi connectivity index (χ0n) is 7.15. The number of aryl methyl sites for hydroxylation is 1. The molecule has 2 N–H and O–H groups in total. The molecule has 2 rings (SSSR count). The van der Waals surface area contributed by atoms with Crippen LogP contribution in [0.4, 0.5) is 0 Å². The van der Waals surface area contributed by atoms with Crippen molar-refractivity contribution in [3.05, 3.63) is 30.4 Å². The van der Waals surface area contributed by atoms with Gasteiger partial charge in [-0.3, -0.25) is 0 Å². The lowest BCUT2D eigenvalue weighted by molar-refractivity contribution is 0.454. The average molecular weight is 175 g/mol. The van der Waals surface area contributed by atoms with Gasteiger partial charge >= 0.3 is 0 Å². The predicted molar refractivity (Wildman–Crippen MR) is 48.2 cm³/mol. The van der Waals surface area contributed by atoms with Crippen LogP contribution < -0.4 is 0 Å². The number of aromatic hydroxyl groups is 1. The number of pyridine rings is 1. The minimum Gasteiger partial charge on any atom is -0.493 e. The lowest BCUT2D eigenvalue weighted by Crippen LogP contribution is -1.79. The van der Waals surface area contributed by atoms with Gasteiger partial charge < -0.3 is 10.1 Å². The minimum absolute atomic E-state index is 0.0122. The topological polar surface area (TPSA) is 61.8 Å². The number of nitrogens with zero attached hydrogens (tertiary/aromatic N) is 2. The molecule has 0 amide bonds. The first-order chi connectivity index (χ1) is 6.25. The van der Waals surface area contributed by atoms with Crippen molar-refractivity contribution in [2.45, 2.75) is 6.92 Å². The van der Waals surface area contributed by atoms with E-state index in [0.29, 0.717) is 0 Å². The highest BCUT2D eigenvalue weighted by Crippen LogP contribution is 2.18. The quantitative estimate of drug-likeness (QED) is 0.690. The summed E-state index contributed by atoms with van der Waals surface area (Å²) in [5, 5.41) is 9.13. The molecule has 0 unspecified atom stereocenters. The van der Waals surface area contributed by atoms with E-state index in [4.69, 9.17) is 5.11 Å². The first-order valence-electron chi connectivity index (χ1n) is 3.93. The second-order valence-corrected chi connectivity index (χ2v) is 2.77. The first kappa shape index (κ1) is 7.79. The number of aromatic nitrogens is 3. The van der Waals surface area contributed by atoms with Crippen LogP contribution in [0.15, 0.2) is 24.5 Å². The fourth-order valence-electron chi connectivity index (χ4n) is 1.14. The van der Waals surface area contributed by atoms with E-state index in [-0.39, 0.29) is 5.88 Å². The number of H-pyrrole nitrogens is 1. The maximum Gasteiger partial charge on any atom is 0.211 e. The molecule has 4 nitrogen and oxygen atoms in total. The van der Waals surface area contributed by atoms with Gasteiger partial charge in [-0.15, -0.1) is 0 Å². The summed E-state index contributed by atoms with van der Waals surface area (Å²) < 4.78 is 0. The van der Waals surface area contributed by atoms with E-state index in [1.165, 1.54) is 0 Å². The van der Waals surface area contributed by atoms with Crippen LogP contribution in [0.3, 0.4) is 0 Å². The number of aromatic amines is 1. The normalized spacial score (nSPS) is 10.2. The zero-order valence-corrected chi connectivity index (χ0v) is 7.15. The molecule has 0 spiro atoms. The van der Waals surface area contributed by atoms with E-state index in [1.54, 1.807) is 24.5 Å². The second kappa shape index (κ2) is 2.90. The van der Waals surface area contributed by atoms with Crippen LogP contribution in [-0.2, 0) is 0 Å². The van der Waals surface area contributed by atoms with Gasteiger partial charge in [-0.05, 0) is 13.0 Å². The summed E-state index contributed by atoms with van der Waals surface area (Å²) in [6.07, 6.45) is 3.35. The van der Waals surface area contributed by atoms with E-state index in [0.717, 1.165) is 17.1 Å². The van der Waals surface area contributed by atoms with E-state index in [2.05, 4.69) is 15.0 Å². The van der Waals surface area contributed by atoms with E-state index < -0.39 is 0 Å². The molecule has 2 aromatic heterocycles. The van der Waals surface area contributed by atoms with Gasteiger partial charge in [-0.2, -0.15) is 0 Å². The Morgan fingerprint density at radius 3 is 2.92 bits per heavy atom. The summed E-state index contributed by atoms with van der Waals surface area (Å²) in [4.78, 5) is 10.9. The summed E-state index contributed by atoms with van der Waals surface area (Å²) >= 11 is 0. The molecule has 2 heterocycles. The summed E-state index contributed by atoms with van der Waals surface area (Å²) in [5.41, 5.74) is 1.67. The summed E-state index contributed by atoms with van der Waals surface area (Å²) in [6.45, 7) is 1.88. The standard InChI is InChI=1S/C9H9N3O/c1-6-11-5-8(12-6)7-2-3-10-9(13)4-7/h2-5H,1H3,(H,10,13)(H,11,12). The SMILES string of the molecule is Cc1nc(-c2ccnc(O)c2)c[nH]1. The van der Waals surface area contributed by atoms with Crippen molar-refractivity contribution >= 4 is 0 Å². The molecule has 0 radical (unpaired) electrons. The molecule has 4 heteroatoms. The molecule has 0 aromatic carbocycles. The smallest absolute Gasteiger partial charge is 0.211 e. The fraction of sp³-hybridized carbons (Fsp3) is 0.111. The number of imidazole rings is 1. The van der Waals surface area contributed by atoms with Gasteiger partial charge in [0.1, 0.15) is 5.82 Å². The van der Waals surface area contributed by atoms with Gasteiger partial charge in [0, 0.05) is 24.0 Å². The van der Waals surface area contributed by atoms with Crippen LogP contribution in [0.1, 0.15) is 5.82 Å². The Morgan fingerprint density at radius 2 is 2.31 bits per heavy atom. The van der Waals surface area contributed by atoms with E-state index in [1.807, 2.05) is 6.92 Å². The summed E-state index contributed by atoms with van der Waals surface area (Å²) in [6, 6.07) is 3.38. The molecule has 0 aliphatic carbocycles. The lowest BCUT2D eigenvalue weighted by Gasteiger charge is -1.95. The third-order valence-electron chi connectivity index (χ3n) is 1.75. The van der Waals surface area contributed by atoms with E-state index in [9.17, 15) is 0 Å². The molecule has 0 bridgehead atoms. The predicted octanol–water partition coefficient (Wildman–Crippen LogP) is 1.49. The highest BCUT2D eigenvalue weighted by molar-refractivity contribution is 5.58. The molecular weight excluding hydrogens is 166 g/mol. The zero-order chi connectivity index (χ0) is 9.26. The van der Waals surface area contributed by atoms with Crippen LogP contribution in [0, 0.1) is 6.92 Å². The van der Waals surface area contributed by atoms with Gasteiger partial charge in [0.05, 0.1) is 5.69 Å². The third-order valence-corrected chi connectivity index (χ3v) is 1.75. The number of rotatable bonds is 1. The Kier molecular flexibility index (Phi) is 1.73. The largest absolute Gasteiger partial charge is 0.493 e. The fourth-order valence-corrected chi connectivity index (χ4v) is 1.14. The maximum atomic E-state index is 9.13. The van der Waals surface area contributed by atoms with Crippen molar-refractivity contribution in [2.24, 2.45) is 0 Å². The molecular formula is C9H9N3O. The number of nitrogens with one attached hydrogen (secondary N) is 1. The van der Waals surface area contributed by atoms with Gasteiger partial charge in [0.15, 0.2) is 0 Å². The molecule has 2 aromatic rings. The third kappa shape index (κ3) is 1.51. The first-order valence-corrected chi connectivity index (χ1v) is 3.93. The van der Waals surface area contributed by atoms with Crippen molar-refractivity contribution in [1.29, 1.82) is 0 Å². The number of hydrogen-bond donors (Lipinski definition) is 2. The lowest BCUT2D eigenvalue weighted by atomic mass is 10.2. The van der Waals surface area contributed by atoms with Gasteiger partial charge in [0.2, 0.25) is 5.88 Å². The van der Waals surface area contributed by atoms with Crippen LogP contribution >= 0.6 is 0 Å². The van der Waals surface area contributed by atoms with Gasteiger partial charge in [-0.25, -0.2) is 9.97 Å². The molecule has 0 aliphatic rings. The van der Waals surface area contributed by atoms with Crippen LogP contribution in [0.25, 0.3) is 11.3 Å². The van der Waals surface area contributed by atoms with Crippen molar-refractivity contribution in [2.75, 3.05) is 0 Å². The Bertz CT molecular complexity index is 422. The van der Waals surface area contributed by atoms with E-state index >= 15 is 0 Å². The Morgan fingerprint density at radius 1 is 1.46 bits per heavy atom.